The van der Waals surface area contributed by atoms with Crippen molar-refractivity contribution >= 4 is 0 Å². The minimum absolute atomic E-state index is 0.475. The first-order valence-electron chi connectivity index (χ1n) is 4.93. The van der Waals surface area contributed by atoms with E-state index in [2.05, 4.69) is 31.1 Å². The minimum atomic E-state index is 0.475. The van der Waals surface area contributed by atoms with Crippen molar-refractivity contribution < 1.29 is 4.42 Å². The van der Waals surface area contributed by atoms with Crippen LogP contribution in [0.15, 0.2) is 10.6 Å². The van der Waals surface area contributed by atoms with E-state index in [1.165, 1.54) is 0 Å². The summed E-state index contributed by atoms with van der Waals surface area (Å²) in [7, 11) is 0. The predicted molar refractivity (Wildman–Crippen MR) is 52.6 cm³/mol. The Hall–Kier alpha value is -0.830. The number of hydrogen-bond donors (Lipinski definition) is 1. The van der Waals surface area contributed by atoms with E-state index in [1.54, 1.807) is 0 Å². The first kappa shape index (κ1) is 10.3. The molecule has 0 radical (unpaired) electrons. The van der Waals surface area contributed by atoms with E-state index in [9.17, 15) is 0 Å². The van der Waals surface area contributed by atoms with Crippen molar-refractivity contribution in [2.45, 2.75) is 39.7 Å². The van der Waals surface area contributed by atoms with Crippen LogP contribution >= 0.6 is 0 Å². The Labute approximate surface area is 79.5 Å². The van der Waals surface area contributed by atoms with Crippen molar-refractivity contribution in [3.63, 3.8) is 0 Å². The third kappa shape index (κ3) is 2.84. The Morgan fingerprint density at radius 3 is 2.92 bits per heavy atom. The smallest absolute Gasteiger partial charge is 0.208 e. The lowest BCUT2D eigenvalue weighted by Gasteiger charge is -2.01. The monoisotopic (exact) mass is 182 g/mol. The lowest BCUT2D eigenvalue weighted by atomic mass is 10.1. The Morgan fingerprint density at radius 1 is 1.54 bits per heavy atom. The van der Waals surface area contributed by atoms with Gasteiger partial charge in [0.05, 0.1) is 12.7 Å². The van der Waals surface area contributed by atoms with Gasteiger partial charge in [0, 0.05) is 5.92 Å². The van der Waals surface area contributed by atoms with Crippen LogP contribution in [0, 0.1) is 0 Å². The highest BCUT2D eigenvalue weighted by molar-refractivity contribution is 4.99. The Bertz CT molecular complexity index is 245. The average Bonchev–Trinajstić information content (AvgIpc) is 2.62. The normalized spacial score (nSPS) is 13.2. The van der Waals surface area contributed by atoms with E-state index in [0.29, 0.717) is 5.92 Å². The quantitative estimate of drug-likeness (QED) is 0.759. The molecule has 0 aliphatic heterocycles. The molecule has 3 heteroatoms. The van der Waals surface area contributed by atoms with Gasteiger partial charge in [0.1, 0.15) is 5.76 Å². The summed E-state index contributed by atoms with van der Waals surface area (Å²) >= 11 is 0. The molecule has 3 nitrogen and oxygen atoms in total. The zero-order valence-corrected chi connectivity index (χ0v) is 8.63. The van der Waals surface area contributed by atoms with Gasteiger partial charge in [-0.1, -0.05) is 20.8 Å². The van der Waals surface area contributed by atoms with Gasteiger partial charge < -0.3 is 9.73 Å². The summed E-state index contributed by atoms with van der Waals surface area (Å²) in [5.74, 6) is 2.26. The van der Waals surface area contributed by atoms with Gasteiger partial charge in [-0.25, -0.2) is 4.98 Å². The highest BCUT2D eigenvalue weighted by Crippen LogP contribution is 2.18. The van der Waals surface area contributed by atoms with E-state index < -0.39 is 0 Å². The molecule has 0 bridgehead atoms. The predicted octanol–water partition coefficient (Wildman–Crippen LogP) is 2.30. The maximum Gasteiger partial charge on any atom is 0.208 e. The van der Waals surface area contributed by atoms with Crippen molar-refractivity contribution in [2.24, 2.45) is 0 Å². The topological polar surface area (TPSA) is 38.1 Å². The van der Waals surface area contributed by atoms with Gasteiger partial charge in [0.2, 0.25) is 5.89 Å². The fourth-order valence-electron chi connectivity index (χ4n) is 1.07. The van der Waals surface area contributed by atoms with E-state index in [-0.39, 0.29) is 0 Å². The molecule has 0 aromatic carbocycles. The van der Waals surface area contributed by atoms with Gasteiger partial charge in [0.15, 0.2) is 0 Å². The highest BCUT2D eigenvalue weighted by Gasteiger charge is 2.08. The lowest BCUT2D eigenvalue weighted by molar-refractivity contribution is 0.415. The van der Waals surface area contributed by atoms with Gasteiger partial charge in [0.25, 0.3) is 0 Å². The van der Waals surface area contributed by atoms with Gasteiger partial charge in [-0.2, -0.15) is 0 Å². The zero-order valence-electron chi connectivity index (χ0n) is 8.63. The summed E-state index contributed by atoms with van der Waals surface area (Å²) in [6, 6.07) is 0. The Morgan fingerprint density at radius 2 is 2.31 bits per heavy atom. The average molecular weight is 182 g/mol. The summed E-state index contributed by atoms with van der Waals surface area (Å²) in [4.78, 5) is 4.19. The molecule has 0 aliphatic rings. The van der Waals surface area contributed by atoms with Gasteiger partial charge in [-0.3, -0.25) is 0 Å². The maximum absolute atomic E-state index is 5.56. The molecule has 1 heterocycles. The molecule has 0 aliphatic carbocycles. The summed E-state index contributed by atoms with van der Waals surface area (Å²) in [5, 5.41) is 3.18. The van der Waals surface area contributed by atoms with Gasteiger partial charge >= 0.3 is 0 Å². The Balaban J connectivity index is 2.53. The molecule has 0 amide bonds. The summed E-state index contributed by atoms with van der Waals surface area (Å²) in [6.07, 6.45) is 2.93. The third-order valence-electron chi connectivity index (χ3n) is 2.20. The number of rotatable bonds is 5. The molecule has 74 valence electrons. The lowest BCUT2D eigenvalue weighted by Crippen LogP contribution is -2.11. The molecule has 1 unspecified atom stereocenters. The first-order chi connectivity index (χ1) is 6.27. The van der Waals surface area contributed by atoms with Crippen LogP contribution < -0.4 is 5.32 Å². The van der Waals surface area contributed by atoms with Crippen molar-refractivity contribution in [3.8, 4) is 0 Å². The van der Waals surface area contributed by atoms with Gasteiger partial charge in [-0.15, -0.1) is 0 Å². The number of aromatic nitrogens is 1. The SMILES string of the molecule is CCNCc1ncc(C(C)CC)o1. The second kappa shape index (κ2) is 5.02. The number of nitrogens with zero attached hydrogens (tertiary/aromatic N) is 1. The molecule has 0 saturated carbocycles. The molecule has 1 aromatic heterocycles. The molecule has 13 heavy (non-hydrogen) atoms. The zero-order chi connectivity index (χ0) is 9.68. The van der Waals surface area contributed by atoms with E-state index in [0.717, 1.165) is 31.2 Å². The van der Waals surface area contributed by atoms with Crippen LogP contribution in [0.2, 0.25) is 0 Å². The fraction of sp³-hybridized carbons (Fsp3) is 0.700. The molecule has 1 aromatic rings. The van der Waals surface area contributed by atoms with Gasteiger partial charge in [-0.05, 0) is 13.0 Å². The highest BCUT2D eigenvalue weighted by atomic mass is 16.4. The molecule has 0 saturated heterocycles. The number of oxazole rings is 1. The van der Waals surface area contributed by atoms with Crippen LogP contribution in [-0.2, 0) is 6.54 Å². The summed E-state index contributed by atoms with van der Waals surface area (Å²) in [5.41, 5.74) is 0. The van der Waals surface area contributed by atoms with Crippen LogP contribution in [0.5, 0.6) is 0 Å². The van der Waals surface area contributed by atoms with Crippen molar-refractivity contribution in [1.29, 1.82) is 0 Å². The molecular weight excluding hydrogens is 164 g/mol. The molecule has 1 atom stereocenters. The molecule has 1 rings (SSSR count). The van der Waals surface area contributed by atoms with Crippen LogP contribution in [0.25, 0.3) is 0 Å². The maximum atomic E-state index is 5.56. The largest absolute Gasteiger partial charge is 0.444 e. The van der Waals surface area contributed by atoms with Crippen LogP contribution in [0.4, 0.5) is 0 Å². The second-order valence-electron chi connectivity index (χ2n) is 3.25. The number of nitrogens with one attached hydrogen (secondary N) is 1. The fourth-order valence-corrected chi connectivity index (χ4v) is 1.07. The van der Waals surface area contributed by atoms with Crippen LogP contribution in [-0.4, -0.2) is 11.5 Å². The number of hydrogen-bond acceptors (Lipinski definition) is 3. The molecule has 1 N–H and O–H groups in total. The second-order valence-corrected chi connectivity index (χ2v) is 3.25. The van der Waals surface area contributed by atoms with E-state index >= 15 is 0 Å². The molecular formula is C10H18N2O. The van der Waals surface area contributed by atoms with Crippen molar-refractivity contribution in [1.82, 2.24) is 10.3 Å². The first-order valence-corrected chi connectivity index (χ1v) is 4.93. The summed E-state index contributed by atoms with van der Waals surface area (Å²) in [6.45, 7) is 8.04. The standard InChI is InChI=1S/C10H18N2O/c1-4-8(3)9-6-12-10(13-9)7-11-5-2/h6,8,11H,4-5,7H2,1-3H3. The minimum Gasteiger partial charge on any atom is -0.444 e. The van der Waals surface area contributed by atoms with Crippen molar-refractivity contribution in [3.05, 3.63) is 17.8 Å². The summed E-state index contributed by atoms with van der Waals surface area (Å²) < 4.78 is 5.56. The van der Waals surface area contributed by atoms with E-state index in [1.807, 2.05) is 6.20 Å². The van der Waals surface area contributed by atoms with E-state index in [4.69, 9.17) is 4.42 Å². The Kier molecular flexibility index (Phi) is 3.96. The van der Waals surface area contributed by atoms with Crippen molar-refractivity contribution in [2.75, 3.05) is 6.54 Å². The van der Waals surface area contributed by atoms with Crippen LogP contribution in [0.1, 0.15) is 44.8 Å². The molecule has 0 spiro atoms. The third-order valence-corrected chi connectivity index (χ3v) is 2.20. The molecule has 0 fully saturated rings. The van der Waals surface area contributed by atoms with Crippen LogP contribution in [0.3, 0.4) is 0 Å².